The van der Waals surface area contributed by atoms with Gasteiger partial charge in [0, 0.05) is 12.1 Å². The summed E-state index contributed by atoms with van der Waals surface area (Å²) in [5, 5.41) is 19.0. The van der Waals surface area contributed by atoms with Crippen LogP contribution in [0.15, 0.2) is 23.1 Å². The van der Waals surface area contributed by atoms with Crippen molar-refractivity contribution in [1.29, 1.82) is 0 Å². The molecular weight excluding hydrogens is 304 g/mol. The number of nitrogens with zero attached hydrogens (tertiary/aromatic N) is 1. The predicted molar refractivity (Wildman–Crippen MR) is 52.1 cm³/mol. The first-order valence-corrected chi connectivity index (χ1v) is 5.16. The van der Waals surface area contributed by atoms with E-state index in [9.17, 15) is 23.3 Å². The summed E-state index contributed by atoms with van der Waals surface area (Å²) in [5.41, 5.74) is -1.36. The topological polar surface area (TPSA) is 135 Å². The van der Waals surface area contributed by atoms with Crippen LogP contribution in [0.5, 0.6) is 0 Å². The van der Waals surface area contributed by atoms with E-state index in [2.05, 4.69) is 0 Å². The predicted octanol–water partition coefficient (Wildman–Crippen LogP) is -5.23. The van der Waals surface area contributed by atoms with Crippen molar-refractivity contribution in [1.82, 2.24) is 0 Å². The van der Waals surface area contributed by atoms with Gasteiger partial charge in [-0.05, 0) is 6.07 Å². The van der Waals surface area contributed by atoms with Gasteiger partial charge in [-0.1, -0.05) is 0 Å². The summed E-state index contributed by atoms with van der Waals surface area (Å²) < 4.78 is 30.3. The molecule has 0 bridgehead atoms. The molecule has 0 saturated heterocycles. The van der Waals surface area contributed by atoms with Gasteiger partial charge in [0.1, 0.15) is 4.90 Å². The molecule has 0 aliphatic carbocycles. The van der Waals surface area contributed by atoms with Crippen LogP contribution in [0.25, 0.3) is 0 Å². The van der Waals surface area contributed by atoms with Crippen LogP contribution < -0.4 is 80.9 Å². The first kappa shape index (κ1) is 20.9. The number of rotatable bonds is 3. The summed E-state index contributed by atoms with van der Waals surface area (Å²) in [7, 11) is -4.82. The maximum absolute atomic E-state index is 10.8. The Labute approximate surface area is 169 Å². The molecule has 0 saturated carbocycles. The van der Waals surface area contributed by atoms with E-state index in [-0.39, 0.29) is 83.8 Å². The van der Waals surface area contributed by atoms with Gasteiger partial charge < -0.3 is 7.96 Å². The molecule has 2 N–H and O–H groups in total. The van der Waals surface area contributed by atoms with Crippen molar-refractivity contribution in [3.8, 4) is 0 Å². The van der Waals surface area contributed by atoms with E-state index >= 15 is 0 Å². The van der Waals surface area contributed by atoms with Crippen LogP contribution in [-0.4, -0.2) is 29.0 Å². The summed E-state index contributed by atoms with van der Waals surface area (Å²) in [6.45, 7) is 0. The number of nitro benzene ring substituents is 1. The average molecular weight is 311 g/mol. The smallest absolute Gasteiger partial charge is 1.00 e. The molecule has 0 radical (unpaired) electrons. The number of carbonyl (C=O) groups is 1. The Morgan fingerprint density at radius 2 is 1.89 bits per heavy atom. The van der Waals surface area contributed by atoms with Crippen LogP contribution in [0.2, 0.25) is 0 Å². The van der Waals surface area contributed by atoms with Crippen molar-refractivity contribution in [2.45, 2.75) is 4.90 Å². The van der Waals surface area contributed by atoms with E-state index in [1.165, 1.54) is 0 Å². The molecule has 1 aromatic rings. The summed E-state index contributed by atoms with van der Waals surface area (Å²) in [4.78, 5) is 19.0. The molecule has 1 rings (SSSR count). The van der Waals surface area contributed by atoms with Gasteiger partial charge in [0.2, 0.25) is 0 Å². The Bertz CT molecular complexity index is 583. The minimum Gasteiger partial charge on any atom is -1.00 e. The van der Waals surface area contributed by atoms with E-state index in [0.29, 0.717) is 6.07 Å². The molecule has 90 valence electrons. The monoisotopic (exact) mass is 311 g/mol. The molecular formula is C7H7KNNaO7S. The summed E-state index contributed by atoms with van der Waals surface area (Å²) in [6, 6.07) is 2.06. The Morgan fingerprint density at radius 3 is 2.22 bits per heavy atom. The SMILES string of the molecule is O=C(O)c1ccc([N+](=O)[O-])cc1S(=O)(=O)O.[H-].[H-].[K+].[Na+]. The Morgan fingerprint density at radius 1 is 1.39 bits per heavy atom. The van der Waals surface area contributed by atoms with Crippen LogP contribution in [0, 0.1) is 10.1 Å². The molecule has 11 heteroatoms. The second-order valence-electron chi connectivity index (χ2n) is 2.72. The van der Waals surface area contributed by atoms with E-state index in [0.717, 1.165) is 12.1 Å². The molecule has 0 aromatic heterocycles. The van der Waals surface area contributed by atoms with Gasteiger partial charge in [-0.25, -0.2) is 4.79 Å². The first-order chi connectivity index (χ1) is 7.23. The number of hydrogen-bond donors (Lipinski definition) is 2. The number of non-ortho nitro benzene ring substituents is 1. The van der Waals surface area contributed by atoms with Crippen molar-refractivity contribution in [2.75, 3.05) is 0 Å². The molecule has 8 nitrogen and oxygen atoms in total. The molecule has 1 aromatic carbocycles. The minimum atomic E-state index is -4.82. The zero-order valence-electron chi connectivity index (χ0n) is 11.5. The van der Waals surface area contributed by atoms with Crippen LogP contribution in [0.4, 0.5) is 5.69 Å². The molecule has 0 amide bonds. The summed E-state index contributed by atoms with van der Waals surface area (Å²) in [6.07, 6.45) is 0. The van der Waals surface area contributed by atoms with Crippen molar-refractivity contribution in [3.05, 3.63) is 33.9 Å². The first-order valence-electron chi connectivity index (χ1n) is 3.72. The number of carboxylic acid groups (broad SMARTS) is 1. The van der Waals surface area contributed by atoms with Crippen LogP contribution in [0.1, 0.15) is 13.2 Å². The van der Waals surface area contributed by atoms with Crippen molar-refractivity contribution in [3.63, 3.8) is 0 Å². The molecule has 0 spiro atoms. The second kappa shape index (κ2) is 8.04. The fourth-order valence-corrected chi connectivity index (χ4v) is 1.72. The average Bonchev–Trinajstić information content (AvgIpc) is 2.15. The van der Waals surface area contributed by atoms with Crippen molar-refractivity contribution in [2.24, 2.45) is 0 Å². The fourth-order valence-electron chi connectivity index (χ4n) is 1.01. The minimum absolute atomic E-state index is 0. The largest absolute Gasteiger partial charge is 1.00 e. The standard InChI is InChI=1S/C7H5NO7S.K.Na.2H/c9-7(10)5-2-1-4(8(11)12)3-6(5)16(13,14)15;;;;/h1-3H,(H,9,10)(H,13,14,15);;;;/q;2*+1;2*-1. The number of benzene rings is 1. The number of aromatic carboxylic acids is 1. The van der Waals surface area contributed by atoms with E-state index in [1.54, 1.807) is 0 Å². The van der Waals surface area contributed by atoms with Gasteiger partial charge in [0.15, 0.2) is 0 Å². The Balaban J connectivity index is -0.000000320. The van der Waals surface area contributed by atoms with Crippen LogP contribution >= 0.6 is 0 Å². The normalized spacial score (nSPS) is 9.83. The van der Waals surface area contributed by atoms with Gasteiger partial charge in [-0.15, -0.1) is 0 Å². The summed E-state index contributed by atoms with van der Waals surface area (Å²) >= 11 is 0. The van der Waals surface area contributed by atoms with Gasteiger partial charge in [-0.3, -0.25) is 14.7 Å². The third kappa shape index (κ3) is 5.33. The van der Waals surface area contributed by atoms with E-state index in [1.807, 2.05) is 0 Å². The number of hydrogen-bond acceptors (Lipinski definition) is 5. The van der Waals surface area contributed by atoms with Gasteiger partial charge >= 0.3 is 86.9 Å². The molecule has 18 heavy (non-hydrogen) atoms. The van der Waals surface area contributed by atoms with Crippen molar-refractivity contribution < 1.29 is 112 Å². The molecule has 0 heterocycles. The van der Waals surface area contributed by atoms with Crippen LogP contribution in [-0.2, 0) is 10.1 Å². The Kier molecular flexibility index (Phi) is 9.36. The molecule has 0 fully saturated rings. The van der Waals surface area contributed by atoms with Crippen molar-refractivity contribution >= 4 is 21.8 Å². The maximum atomic E-state index is 10.8. The zero-order valence-corrected chi connectivity index (χ0v) is 15.5. The molecule has 0 atom stereocenters. The number of nitro groups is 1. The summed E-state index contributed by atoms with van der Waals surface area (Å²) in [5.74, 6) is -1.61. The van der Waals surface area contributed by atoms with Gasteiger partial charge in [0.05, 0.1) is 10.5 Å². The number of carboxylic acids is 1. The second-order valence-corrected chi connectivity index (χ2v) is 4.11. The third-order valence-corrected chi connectivity index (χ3v) is 2.58. The molecule has 0 aliphatic heterocycles. The Hall–Kier alpha value is 0.636. The third-order valence-electron chi connectivity index (χ3n) is 1.68. The molecule has 0 unspecified atom stereocenters. The van der Waals surface area contributed by atoms with Crippen LogP contribution in [0.3, 0.4) is 0 Å². The fraction of sp³-hybridized carbons (Fsp3) is 0. The zero-order chi connectivity index (χ0) is 12.5. The quantitative estimate of drug-likeness (QED) is 0.246. The maximum Gasteiger partial charge on any atom is 1.00 e. The van der Waals surface area contributed by atoms with E-state index in [4.69, 9.17) is 9.66 Å². The van der Waals surface area contributed by atoms with Gasteiger partial charge in [-0.2, -0.15) is 8.42 Å². The van der Waals surface area contributed by atoms with E-state index < -0.39 is 37.2 Å². The molecule has 0 aliphatic rings. The van der Waals surface area contributed by atoms with Gasteiger partial charge in [0.25, 0.3) is 15.8 Å².